The first-order valence-corrected chi connectivity index (χ1v) is 11.3. The van der Waals surface area contributed by atoms with Crippen LogP contribution in [0, 0.1) is 27.7 Å². The number of carbonyl (C=O) groups excluding carboxylic acids is 2. The highest BCUT2D eigenvalue weighted by atomic mass is 35.5. The first-order chi connectivity index (χ1) is 14.1. The zero-order valence-corrected chi connectivity index (χ0v) is 19.5. The number of hydrogen-bond donors (Lipinski definition) is 0. The van der Waals surface area contributed by atoms with Gasteiger partial charge < -0.3 is 0 Å². The largest absolute Gasteiger partial charge is 0.288 e. The van der Waals surface area contributed by atoms with E-state index in [1.165, 1.54) is 6.07 Å². The third-order valence-corrected chi connectivity index (χ3v) is 7.36. The maximum absolute atomic E-state index is 13.4. The van der Waals surface area contributed by atoms with Gasteiger partial charge in [0.15, 0.2) is 13.6 Å². The Morgan fingerprint density at radius 2 is 1.37 bits per heavy atom. The number of hydrogen-bond acceptors (Lipinski definition) is 3. The van der Waals surface area contributed by atoms with E-state index in [0.717, 1.165) is 22.3 Å². The number of rotatable bonds is 5. The van der Waals surface area contributed by atoms with E-state index in [2.05, 4.69) is 0 Å². The Morgan fingerprint density at radius 1 is 0.767 bits per heavy atom. The van der Waals surface area contributed by atoms with E-state index in [4.69, 9.17) is 23.2 Å². The lowest BCUT2D eigenvalue weighted by Gasteiger charge is -2.15. The number of ketones is 1. The second-order valence-corrected chi connectivity index (χ2v) is 9.47. The summed E-state index contributed by atoms with van der Waals surface area (Å²) in [7, 11) is -2.53. The van der Waals surface area contributed by atoms with Gasteiger partial charge in [-0.25, -0.2) is 0 Å². The standard InChI is InChI=1S/C24H20Cl2O3P/c1-13-12-14(2)21(16(4)15(13)3)24(28)30(29)20-11-6-5-8-17(20)23(27)22-18(25)9-7-10-19(22)26/h5-12H,1-4H3. The molecule has 0 amide bonds. The van der Waals surface area contributed by atoms with E-state index in [1.807, 2.05) is 33.8 Å². The maximum atomic E-state index is 13.4. The molecule has 0 aliphatic heterocycles. The van der Waals surface area contributed by atoms with Gasteiger partial charge in [-0.05, 0) is 74.2 Å². The highest BCUT2D eigenvalue weighted by Crippen LogP contribution is 2.34. The van der Waals surface area contributed by atoms with E-state index in [9.17, 15) is 14.2 Å². The maximum Gasteiger partial charge on any atom is 0.247 e. The highest BCUT2D eigenvalue weighted by Gasteiger charge is 2.27. The summed E-state index contributed by atoms with van der Waals surface area (Å²) in [6.45, 7) is 7.60. The average Bonchev–Trinajstić information content (AvgIpc) is 2.71. The van der Waals surface area contributed by atoms with Crippen LogP contribution in [0.3, 0.4) is 0 Å². The lowest BCUT2D eigenvalue weighted by Crippen LogP contribution is -2.17. The molecule has 6 heteroatoms. The molecule has 0 fully saturated rings. The van der Waals surface area contributed by atoms with Crippen LogP contribution in [0.4, 0.5) is 0 Å². The molecule has 0 saturated carbocycles. The third-order valence-electron chi connectivity index (χ3n) is 5.31. The minimum Gasteiger partial charge on any atom is -0.288 e. The monoisotopic (exact) mass is 457 g/mol. The quantitative estimate of drug-likeness (QED) is 0.314. The van der Waals surface area contributed by atoms with E-state index >= 15 is 0 Å². The Labute approximate surface area is 186 Å². The molecule has 0 heterocycles. The van der Waals surface area contributed by atoms with Crippen LogP contribution in [0.1, 0.15) is 48.5 Å². The van der Waals surface area contributed by atoms with Crippen LogP contribution in [-0.2, 0) is 4.57 Å². The fourth-order valence-electron chi connectivity index (χ4n) is 3.52. The molecular weight excluding hydrogens is 438 g/mol. The summed E-state index contributed by atoms with van der Waals surface area (Å²) in [5, 5.41) is 0.574. The van der Waals surface area contributed by atoms with Gasteiger partial charge in [-0.1, -0.05) is 47.5 Å². The zero-order valence-electron chi connectivity index (χ0n) is 17.0. The minimum absolute atomic E-state index is 0.127. The Kier molecular flexibility index (Phi) is 6.57. The van der Waals surface area contributed by atoms with Crippen molar-refractivity contribution in [2.45, 2.75) is 27.7 Å². The SMILES string of the molecule is Cc1cc(C)c(C(=O)[P](=O)c2ccccc2C(=O)c2c(Cl)cccc2Cl)c(C)c1C. The Morgan fingerprint density at radius 3 is 2.00 bits per heavy atom. The molecule has 0 N–H and O–H groups in total. The van der Waals surface area contributed by atoms with E-state index in [-0.39, 0.29) is 26.5 Å². The molecule has 153 valence electrons. The summed E-state index contributed by atoms with van der Waals surface area (Å²) in [6, 6.07) is 13.1. The molecule has 0 saturated heterocycles. The molecular formula is C24H20Cl2O3P. The van der Waals surface area contributed by atoms with Crippen molar-refractivity contribution < 1.29 is 14.2 Å². The van der Waals surface area contributed by atoms with Gasteiger partial charge in [0.25, 0.3) is 0 Å². The van der Waals surface area contributed by atoms with Crippen molar-refractivity contribution >= 4 is 47.6 Å². The van der Waals surface area contributed by atoms with Crippen LogP contribution in [0.2, 0.25) is 10.0 Å². The van der Waals surface area contributed by atoms with Crippen LogP contribution in [0.5, 0.6) is 0 Å². The van der Waals surface area contributed by atoms with Gasteiger partial charge in [0.2, 0.25) is 5.52 Å². The Balaban J connectivity index is 2.11. The Bertz CT molecular complexity index is 1200. The van der Waals surface area contributed by atoms with Gasteiger partial charge in [-0.15, -0.1) is 0 Å². The Hall–Kier alpha value is -2.32. The van der Waals surface area contributed by atoms with Gasteiger partial charge in [-0.2, -0.15) is 0 Å². The summed E-state index contributed by atoms with van der Waals surface area (Å²) in [5.41, 5.74) is 3.86. The summed E-state index contributed by atoms with van der Waals surface area (Å²) in [4.78, 5) is 26.4. The average molecular weight is 458 g/mol. The predicted octanol–water partition coefficient (Wildman–Crippen LogP) is 6.75. The minimum atomic E-state index is -2.53. The highest BCUT2D eigenvalue weighted by molar-refractivity contribution is 7.71. The summed E-state index contributed by atoms with van der Waals surface area (Å²) in [5.74, 6) is -0.467. The molecule has 0 spiro atoms. The van der Waals surface area contributed by atoms with E-state index < -0.39 is 19.1 Å². The van der Waals surface area contributed by atoms with Crippen LogP contribution in [0.25, 0.3) is 0 Å². The molecule has 3 rings (SSSR count). The molecule has 30 heavy (non-hydrogen) atoms. The molecule has 0 bridgehead atoms. The molecule has 0 aromatic heterocycles. The van der Waals surface area contributed by atoms with Crippen LogP contribution in [-0.4, -0.2) is 11.3 Å². The molecule has 1 unspecified atom stereocenters. The first kappa shape index (κ1) is 22.4. The smallest absolute Gasteiger partial charge is 0.247 e. The molecule has 3 nitrogen and oxygen atoms in total. The van der Waals surface area contributed by atoms with Crippen molar-refractivity contribution in [1.29, 1.82) is 0 Å². The van der Waals surface area contributed by atoms with Crippen molar-refractivity contribution in [2.75, 3.05) is 0 Å². The molecule has 3 aromatic rings. The number of benzene rings is 3. The topological polar surface area (TPSA) is 51.2 Å². The fourth-order valence-corrected chi connectivity index (χ4v) is 5.47. The second-order valence-electron chi connectivity index (χ2n) is 7.18. The van der Waals surface area contributed by atoms with Crippen molar-refractivity contribution in [1.82, 2.24) is 0 Å². The summed E-state index contributed by atoms with van der Waals surface area (Å²) >= 11 is 12.4. The van der Waals surface area contributed by atoms with Gasteiger partial charge in [-0.3, -0.25) is 14.2 Å². The molecule has 0 aliphatic rings. The third kappa shape index (κ3) is 3.98. The molecule has 1 radical (unpaired) electrons. The fraction of sp³-hybridized carbons (Fsp3) is 0.167. The van der Waals surface area contributed by atoms with Crippen molar-refractivity contribution in [3.63, 3.8) is 0 Å². The molecule has 1 atom stereocenters. The van der Waals surface area contributed by atoms with Crippen LogP contribution >= 0.6 is 31.0 Å². The van der Waals surface area contributed by atoms with Gasteiger partial charge in [0.05, 0.1) is 20.9 Å². The van der Waals surface area contributed by atoms with Gasteiger partial charge in [0, 0.05) is 11.1 Å². The normalized spacial score (nSPS) is 11.3. The van der Waals surface area contributed by atoms with E-state index in [1.54, 1.807) is 36.4 Å². The second kappa shape index (κ2) is 8.81. The summed E-state index contributed by atoms with van der Waals surface area (Å²) in [6.07, 6.45) is 0. The number of aryl methyl sites for hydroxylation is 2. The van der Waals surface area contributed by atoms with Crippen LogP contribution < -0.4 is 5.30 Å². The predicted molar refractivity (Wildman–Crippen MR) is 123 cm³/mol. The molecule has 0 aliphatic carbocycles. The van der Waals surface area contributed by atoms with Crippen molar-refractivity contribution in [3.05, 3.63) is 97.5 Å². The van der Waals surface area contributed by atoms with Crippen molar-refractivity contribution in [2.24, 2.45) is 0 Å². The lowest BCUT2D eigenvalue weighted by molar-refractivity contribution is 0.103. The van der Waals surface area contributed by atoms with Gasteiger partial charge in [0.1, 0.15) is 0 Å². The van der Waals surface area contributed by atoms with Crippen molar-refractivity contribution in [3.8, 4) is 0 Å². The number of halogens is 2. The lowest BCUT2D eigenvalue weighted by atomic mass is 9.95. The summed E-state index contributed by atoms with van der Waals surface area (Å²) < 4.78 is 13.4. The first-order valence-electron chi connectivity index (χ1n) is 9.31. The van der Waals surface area contributed by atoms with Gasteiger partial charge >= 0.3 is 0 Å². The molecule has 3 aromatic carbocycles. The number of carbonyl (C=O) groups is 2. The zero-order chi connectivity index (χ0) is 22.2. The van der Waals surface area contributed by atoms with E-state index in [0.29, 0.717) is 5.56 Å². The van der Waals surface area contributed by atoms with Crippen LogP contribution in [0.15, 0.2) is 48.5 Å².